The van der Waals surface area contributed by atoms with Crippen molar-refractivity contribution in [3.8, 4) is 11.5 Å². The molecule has 1 aliphatic rings. The van der Waals surface area contributed by atoms with Crippen LogP contribution in [0.1, 0.15) is 37.4 Å². The van der Waals surface area contributed by atoms with Crippen LogP contribution < -0.4 is 5.32 Å². The second-order valence-electron chi connectivity index (χ2n) is 4.65. The van der Waals surface area contributed by atoms with Crippen LogP contribution in [0.4, 0.5) is 0 Å². The van der Waals surface area contributed by atoms with Gasteiger partial charge in [-0.3, -0.25) is 0 Å². The molecule has 1 aromatic carbocycles. The molecule has 94 valence electrons. The number of benzene rings is 1. The molecule has 1 saturated heterocycles. The Kier molecular flexibility index (Phi) is 3.86. The Bertz CT molecular complexity index is 375. The summed E-state index contributed by atoms with van der Waals surface area (Å²) in [5, 5.41) is 32.0. The Balaban J connectivity index is 1.98. The SMILES string of the molecule is Oc1ccc(C(O)CC2CCCCN2)cc1O. The van der Waals surface area contributed by atoms with Gasteiger partial charge in [-0.25, -0.2) is 0 Å². The molecule has 0 spiro atoms. The molecule has 2 atom stereocenters. The second kappa shape index (κ2) is 5.38. The summed E-state index contributed by atoms with van der Waals surface area (Å²) in [5.74, 6) is -0.338. The van der Waals surface area contributed by atoms with Gasteiger partial charge in [0.05, 0.1) is 6.10 Å². The van der Waals surface area contributed by atoms with E-state index in [1.807, 2.05) is 0 Å². The van der Waals surface area contributed by atoms with Gasteiger partial charge in [-0.2, -0.15) is 0 Å². The van der Waals surface area contributed by atoms with Gasteiger partial charge in [0.25, 0.3) is 0 Å². The summed E-state index contributed by atoms with van der Waals surface area (Å²) in [7, 11) is 0. The van der Waals surface area contributed by atoms with Crippen LogP contribution in [0, 0.1) is 0 Å². The van der Waals surface area contributed by atoms with E-state index in [4.69, 9.17) is 0 Å². The third kappa shape index (κ3) is 3.11. The first-order chi connectivity index (χ1) is 8.16. The fourth-order valence-electron chi connectivity index (χ4n) is 2.28. The Morgan fingerprint density at radius 3 is 2.71 bits per heavy atom. The quantitative estimate of drug-likeness (QED) is 0.603. The zero-order valence-electron chi connectivity index (χ0n) is 9.76. The van der Waals surface area contributed by atoms with Gasteiger partial charge in [0.2, 0.25) is 0 Å². The van der Waals surface area contributed by atoms with Crippen LogP contribution in [-0.4, -0.2) is 27.9 Å². The van der Waals surface area contributed by atoms with Crippen LogP contribution in [0.5, 0.6) is 11.5 Å². The smallest absolute Gasteiger partial charge is 0.157 e. The molecule has 4 nitrogen and oxygen atoms in total. The third-order valence-corrected chi connectivity index (χ3v) is 3.30. The van der Waals surface area contributed by atoms with Gasteiger partial charge in [0.15, 0.2) is 11.5 Å². The van der Waals surface area contributed by atoms with Gasteiger partial charge >= 0.3 is 0 Å². The van der Waals surface area contributed by atoms with Gasteiger partial charge in [-0.1, -0.05) is 12.5 Å². The van der Waals surface area contributed by atoms with E-state index in [9.17, 15) is 15.3 Å². The first-order valence-electron chi connectivity index (χ1n) is 6.10. The van der Waals surface area contributed by atoms with E-state index in [0.717, 1.165) is 13.0 Å². The molecule has 2 rings (SSSR count). The molecule has 0 aliphatic carbocycles. The summed E-state index contributed by atoms with van der Waals surface area (Å²) in [5.41, 5.74) is 0.646. The lowest BCUT2D eigenvalue weighted by Gasteiger charge is -2.25. The summed E-state index contributed by atoms with van der Waals surface area (Å²) in [6.07, 6.45) is 3.53. The molecule has 1 heterocycles. The largest absolute Gasteiger partial charge is 0.504 e. The molecule has 17 heavy (non-hydrogen) atoms. The van der Waals surface area contributed by atoms with Gasteiger partial charge in [0, 0.05) is 6.04 Å². The maximum absolute atomic E-state index is 10.1. The van der Waals surface area contributed by atoms with Crippen molar-refractivity contribution >= 4 is 0 Å². The molecule has 4 N–H and O–H groups in total. The van der Waals surface area contributed by atoms with Crippen LogP contribution in [-0.2, 0) is 0 Å². The summed E-state index contributed by atoms with van der Waals surface area (Å²) < 4.78 is 0. The van der Waals surface area contributed by atoms with Crippen molar-refractivity contribution in [1.29, 1.82) is 0 Å². The molecular weight excluding hydrogens is 218 g/mol. The number of aliphatic hydroxyl groups excluding tert-OH is 1. The van der Waals surface area contributed by atoms with Gasteiger partial charge in [-0.15, -0.1) is 0 Å². The van der Waals surface area contributed by atoms with Crippen LogP contribution in [0.15, 0.2) is 18.2 Å². The highest BCUT2D eigenvalue weighted by Crippen LogP contribution is 2.30. The van der Waals surface area contributed by atoms with Gasteiger partial charge in [0.1, 0.15) is 0 Å². The Labute approximate surface area is 101 Å². The molecule has 0 amide bonds. The van der Waals surface area contributed by atoms with Crippen molar-refractivity contribution in [3.63, 3.8) is 0 Å². The van der Waals surface area contributed by atoms with E-state index < -0.39 is 6.10 Å². The fourth-order valence-corrected chi connectivity index (χ4v) is 2.28. The number of nitrogens with one attached hydrogen (secondary N) is 1. The van der Waals surface area contributed by atoms with Crippen molar-refractivity contribution in [2.24, 2.45) is 0 Å². The van der Waals surface area contributed by atoms with Crippen LogP contribution in [0.25, 0.3) is 0 Å². The lowest BCUT2D eigenvalue weighted by Crippen LogP contribution is -2.35. The zero-order valence-corrected chi connectivity index (χ0v) is 9.76. The van der Waals surface area contributed by atoms with E-state index in [1.165, 1.54) is 25.0 Å². The van der Waals surface area contributed by atoms with Crippen LogP contribution >= 0.6 is 0 Å². The third-order valence-electron chi connectivity index (χ3n) is 3.30. The predicted octanol–water partition coefficient (Wildman–Crippen LogP) is 1.66. The number of hydrogen-bond acceptors (Lipinski definition) is 4. The number of rotatable bonds is 3. The minimum Gasteiger partial charge on any atom is -0.504 e. The lowest BCUT2D eigenvalue weighted by molar-refractivity contribution is 0.144. The van der Waals surface area contributed by atoms with E-state index in [-0.39, 0.29) is 11.5 Å². The highest BCUT2D eigenvalue weighted by atomic mass is 16.3. The van der Waals surface area contributed by atoms with Crippen LogP contribution in [0.3, 0.4) is 0 Å². The van der Waals surface area contributed by atoms with E-state index in [2.05, 4.69) is 5.32 Å². The van der Waals surface area contributed by atoms with E-state index >= 15 is 0 Å². The maximum atomic E-state index is 10.1. The van der Waals surface area contributed by atoms with Crippen molar-refractivity contribution in [3.05, 3.63) is 23.8 Å². The minimum absolute atomic E-state index is 0.156. The number of aliphatic hydroxyl groups is 1. The molecule has 1 fully saturated rings. The molecule has 0 bridgehead atoms. The fraction of sp³-hybridized carbons (Fsp3) is 0.538. The summed E-state index contributed by atoms with van der Waals surface area (Å²) in [4.78, 5) is 0. The molecule has 1 aliphatic heterocycles. The first kappa shape index (κ1) is 12.2. The first-order valence-corrected chi connectivity index (χ1v) is 6.10. The van der Waals surface area contributed by atoms with E-state index in [0.29, 0.717) is 18.0 Å². The van der Waals surface area contributed by atoms with Crippen molar-refractivity contribution < 1.29 is 15.3 Å². The molecule has 1 aromatic rings. The Hall–Kier alpha value is -1.26. The normalized spacial score (nSPS) is 22.3. The summed E-state index contributed by atoms with van der Waals surface area (Å²) in [6, 6.07) is 4.81. The van der Waals surface area contributed by atoms with Crippen molar-refractivity contribution in [1.82, 2.24) is 5.32 Å². The maximum Gasteiger partial charge on any atom is 0.157 e. The summed E-state index contributed by atoms with van der Waals surface area (Å²) >= 11 is 0. The summed E-state index contributed by atoms with van der Waals surface area (Å²) in [6.45, 7) is 1.01. The second-order valence-corrected chi connectivity index (χ2v) is 4.65. The minimum atomic E-state index is -0.600. The van der Waals surface area contributed by atoms with Crippen LogP contribution in [0.2, 0.25) is 0 Å². The highest BCUT2D eigenvalue weighted by molar-refractivity contribution is 5.41. The number of hydrogen-bond donors (Lipinski definition) is 4. The average Bonchev–Trinajstić information content (AvgIpc) is 2.34. The topological polar surface area (TPSA) is 72.7 Å². The molecule has 4 heteroatoms. The van der Waals surface area contributed by atoms with Crippen molar-refractivity contribution in [2.75, 3.05) is 6.54 Å². The molecule has 0 saturated carbocycles. The Morgan fingerprint density at radius 1 is 1.24 bits per heavy atom. The van der Waals surface area contributed by atoms with Crippen molar-refractivity contribution in [2.45, 2.75) is 37.8 Å². The predicted molar refractivity (Wildman–Crippen MR) is 65.0 cm³/mol. The van der Waals surface area contributed by atoms with E-state index in [1.54, 1.807) is 6.07 Å². The molecule has 0 aromatic heterocycles. The highest BCUT2D eigenvalue weighted by Gasteiger charge is 2.18. The molecule has 0 radical (unpaired) electrons. The monoisotopic (exact) mass is 237 g/mol. The van der Waals surface area contributed by atoms with Gasteiger partial charge in [-0.05, 0) is 43.5 Å². The Morgan fingerprint density at radius 2 is 2.06 bits per heavy atom. The number of aromatic hydroxyl groups is 2. The van der Waals surface area contributed by atoms with Gasteiger partial charge < -0.3 is 20.6 Å². The molecule has 2 unspecified atom stereocenters. The number of phenolic OH excluding ortho intramolecular Hbond substituents is 2. The average molecular weight is 237 g/mol. The number of phenols is 2. The molecular formula is C13H19NO3. The standard InChI is InChI=1S/C13H19NO3/c15-11-5-4-9(7-13(11)17)12(16)8-10-3-1-2-6-14-10/h4-5,7,10,12,14-17H,1-3,6,8H2. The lowest BCUT2D eigenvalue weighted by atomic mass is 9.96. The number of piperidine rings is 1. The zero-order chi connectivity index (χ0) is 12.3.